The maximum absolute atomic E-state index is 12.7. The molecule has 15 heavy (non-hydrogen) atoms. The van der Waals surface area contributed by atoms with E-state index in [1.807, 2.05) is 6.92 Å². The summed E-state index contributed by atoms with van der Waals surface area (Å²) in [5.74, 6) is -0.821. The average Bonchev–Trinajstić information content (AvgIpc) is 2.22. The summed E-state index contributed by atoms with van der Waals surface area (Å²) in [7, 11) is 1.38. The highest BCUT2D eigenvalue weighted by Gasteiger charge is 2.18. The Morgan fingerprint density at radius 3 is 2.53 bits per heavy atom. The molecule has 0 saturated carbocycles. The van der Waals surface area contributed by atoms with Gasteiger partial charge in [0, 0.05) is 0 Å². The van der Waals surface area contributed by atoms with Gasteiger partial charge in [-0.2, -0.15) is 0 Å². The number of nitrogens with one attached hydrogen (secondary N) is 1. The number of hydrogen-bond acceptors (Lipinski definition) is 2. The molecule has 0 aliphatic heterocycles. The summed E-state index contributed by atoms with van der Waals surface area (Å²) >= 11 is 0. The van der Waals surface area contributed by atoms with Gasteiger partial charge in [0.25, 0.3) is 5.91 Å². The van der Waals surface area contributed by atoms with Gasteiger partial charge in [-0.15, -0.1) is 0 Å². The Labute approximate surface area is 88.2 Å². The molecule has 1 aromatic carbocycles. The van der Waals surface area contributed by atoms with Crippen LogP contribution in [0.2, 0.25) is 0 Å². The molecule has 1 atom stereocenters. The van der Waals surface area contributed by atoms with Gasteiger partial charge < -0.3 is 0 Å². The van der Waals surface area contributed by atoms with Crippen molar-refractivity contribution >= 4 is 5.91 Å². The molecule has 0 aliphatic rings. The molecule has 0 spiro atoms. The van der Waals surface area contributed by atoms with Crippen LogP contribution in [0, 0.1) is 5.82 Å². The van der Waals surface area contributed by atoms with E-state index in [0.717, 1.165) is 5.56 Å². The molecule has 4 heteroatoms. The molecule has 3 nitrogen and oxygen atoms in total. The Hall–Kier alpha value is -1.42. The summed E-state index contributed by atoms with van der Waals surface area (Å²) in [6.07, 6.45) is 0.640. The second-order valence-electron chi connectivity index (χ2n) is 3.18. The lowest BCUT2D eigenvalue weighted by Gasteiger charge is -2.13. The molecule has 1 N–H and O–H groups in total. The topological polar surface area (TPSA) is 38.3 Å². The number of rotatable bonds is 4. The highest BCUT2D eigenvalue weighted by atomic mass is 19.1. The summed E-state index contributed by atoms with van der Waals surface area (Å²) in [5, 5.41) is 0. The molecule has 0 fully saturated rings. The quantitative estimate of drug-likeness (QED) is 0.773. The van der Waals surface area contributed by atoms with E-state index in [1.165, 1.54) is 19.2 Å². The van der Waals surface area contributed by atoms with E-state index in [-0.39, 0.29) is 17.6 Å². The first-order valence-electron chi connectivity index (χ1n) is 4.77. The molecule has 82 valence electrons. The third-order valence-electron chi connectivity index (χ3n) is 2.20. The second-order valence-corrected chi connectivity index (χ2v) is 3.18. The van der Waals surface area contributed by atoms with Crippen molar-refractivity contribution in [1.29, 1.82) is 0 Å². The SMILES string of the molecule is CCC(C(=O)NOC)c1ccc(F)cc1. The Bertz CT molecular complexity index is 324. The zero-order valence-electron chi connectivity index (χ0n) is 8.79. The van der Waals surface area contributed by atoms with Crippen LogP contribution in [0.1, 0.15) is 24.8 Å². The third kappa shape index (κ3) is 3.02. The maximum Gasteiger partial charge on any atom is 0.251 e. The maximum atomic E-state index is 12.7. The number of hydroxylamine groups is 1. The van der Waals surface area contributed by atoms with Crippen molar-refractivity contribution in [1.82, 2.24) is 5.48 Å². The van der Waals surface area contributed by atoms with E-state index in [2.05, 4.69) is 10.3 Å². The summed E-state index contributed by atoms with van der Waals surface area (Å²) in [6.45, 7) is 1.89. The number of carbonyl (C=O) groups excluding carboxylic acids is 1. The van der Waals surface area contributed by atoms with Crippen LogP contribution < -0.4 is 5.48 Å². The van der Waals surface area contributed by atoms with E-state index in [4.69, 9.17) is 0 Å². The molecule has 0 heterocycles. The minimum absolute atomic E-state index is 0.216. The lowest BCUT2D eigenvalue weighted by Crippen LogP contribution is -2.28. The highest BCUT2D eigenvalue weighted by molar-refractivity contribution is 5.82. The Morgan fingerprint density at radius 1 is 1.47 bits per heavy atom. The minimum Gasteiger partial charge on any atom is -0.277 e. The monoisotopic (exact) mass is 211 g/mol. The van der Waals surface area contributed by atoms with Crippen molar-refractivity contribution in [2.75, 3.05) is 7.11 Å². The molecule has 0 aliphatic carbocycles. The van der Waals surface area contributed by atoms with Gasteiger partial charge >= 0.3 is 0 Å². The van der Waals surface area contributed by atoms with Crippen molar-refractivity contribution in [3.8, 4) is 0 Å². The van der Waals surface area contributed by atoms with E-state index in [9.17, 15) is 9.18 Å². The van der Waals surface area contributed by atoms with Gasteiger partial charge in [0.1, 0.15) is 5.82 Å². The van der Waals surface area contributed by atoms with E-state index in [1.54, 1.807) is 12.1 Å². The highest BCUT2D eigenvalue weighted by Crippen LogP contribution is 2.19. The van der Waals surface area contributed by atoms with Crippen LogP contribution in [-0.2, 0) is 9.63 Å². The van der Waals surface area contributed by atoms with E-state index < -0.39 is 0 Å². The third-order valence-corrected chi connectivity index (χ3v) is 2.20. The number of carbonyl (C=O) groups is 1. The molecule has 0 radical (unpaired) electrons. The molecule has 1 amide bonds. The normalized spacial score (nSPS) is 12.2. The lowest BCUT2D eigenvalue weighted by molar-refractivity contribution is -0.133. The van der Waals surface area contributed by atoms with Gasteiger partial charge in [0.05, 0.1) is 13.0 Å². The Morgan fingerprint density at radius 2 is 2.07 bits per heavy atom. The second kappa shape index (κ2) is 5.46. The summed E-state index contributed by atoms with van der Waals surface area (Å²) in [6, 6.07) is 5.91. The van der Waals surface area contributed by atoms with E-state index >= 15 is 0 Å². The Balaban J connectivity index is 2.82. The number of hydrogen-bond donors (Lipinski definition) is 1. The van der Waals surface area contributed by atoms with Crippen LogP contribution in [-0.4, -0.2) is 13.0 Å². The van der Waals surface area contributed by atoms with Crippen LogP contribution in [0.25, 0.3) is 0 Å². The molecule has 0 bridgehead atoms. The molecular formula is C11H14FNO2. The number of halogens is 1. The fraction of sp³-hybridized carbons (Fsp3) is 0.364. The molecule has 0 aromatic heterocycles. The predicted octanol–water partition coefficient (Wildman–Crippen LogP) is 2.00. The van der Waals surface area contributed by atoms with Gasteiger partial charge in [0.15, 0.2) is 0 Å². The molecular weight excluding hydrogens is 197 g/mol. The van der Waals surface area contributed by atoms with Gasteiger partial charge in [-0.25, -0.2) is 9.87 Å². The summed E-state index contributed by atoms with van der Waals surface area (Å²) in [4.78, 5) is 16.1. The van der Waals surface area contributed by atoms with Gasteiger partial charge in [-0.3, -0.25) is 9.63 Å². The van der Waals surface area contributed by atoms with Crippen LogP contribution in [0.4, 0.5) is 4.39 Å². The molecule has 1 rings (SSSR count). The number of amides is 1. The van der Waals surface area contributed by atoms with Crippen LogP contribution in [0.5, 0.6) is 0 Å². The first-order chi connectivity index (χ1) is 7.19. The van der Waals surface area contributed by atoms with Gasteiger partial charge in [-0.1, -0.05) is 19.1 Å². The van der Waals surface area contributed by atoms with Crippen LogP contribution in [0.3, 0.4) is 0 Å². The molecule has 1 unspecified atom stereocenters. The van der Waals surface area contributed by atoms with Gasteiger partial charge in [-0.05, 0) is 24.1 Å². The predicted molar refractivity (Wildman–Crippen MR) is 54.6 cm³/mol. The molecule has 0 saturated heterocycles. The standard InChI is InChI=1S/C11H14FNO2/c1-3-10(11(14)13-15-2)8-4-6-9(12)7-5-8/h4-7,10H,3H2,1-2H3,(H,13,14). The summed E-state index contributed by atoms with van der Waals surface area (Å²) in [5.41, 5.74) is 3.06. The summed E-state index contributed by atoms with van der Waals surface area (Å²) < 4.78 is 12.7. The molecule has 1 aromatic rings. The zero-order valence-corrected chi connectivity index (χ0v) is 8.79. The minimum atomic E-state index is -0.305. The van der Waals surface area contributed by atoms with Gasteiger partial charge in [0.2, 0.25) is 0 Å². The van der Waals surface area contributed by atoms with Crippen molar-refractivity contribution in [3.63, 3.8) is 0 Å². The smallest absolute Gasteiger partial charge is 0.251 e. The average molecular weight is 211 g/mol. The Kier molecular flexibility index (Phi) is 4.24. The lowest BCUT2D eigenvalue weighted by atomic mass is 9.96. The largest absolute Gasteiger partial charge is 0.277 e. The van der Waals surface area contributed by atoms with Crippen LogP contribution >= 0.6 is 0 Å². The van der Waals surface area contributed by atoms with Crippen molar-refractivity contribution in [2.45, 2.75) is 19.3 Å². The first-order valence-corrected chi connectivity index (χ1v) is 4.77. The first kappa shape index (κ1) is 11.7. The fourth-order valence-electron chi connectivity index (χ4n) is 1.44. The van der Waals surface area contributed by atoms with Crippen molar-refractivity contribution in [2.24, 2.45) is 0 Å². The zero-order chi connectivity index (χ0) is 11.3. The van der Waals surface area contributed by atoms with E-state index in [0.29, 0.717) is 6.42 Å². The van der Waals surface area contributed by atoms with Crippen molar-refractivity contribution < 1.29 is 14.0 Å². The number of benzene rings is 1. The fourth-order valence-corrected chi connectivity index (χ4v) is 1.44. The van der Waals surface area contributed by atoms with Crippen LogP contribution in [0.15, 0.2) is 24.3 Å². The van der Waals surface area contributed by atoms with Crippen molar-refractivity contribution in [3.05, 3.63) is 35.6 Å².